The Hall–Kier alpha value is -0.890. The molecule has 1 aliphatic rings. The lowest BCUT2D eigenvalue weighted by molar-refractivity contribution is 0.0469. The quantitative estimate of drug-likeness (QED) is 0.805. The smallest absolute Gasteiger partial charge is 0.0435 e. The van der Waals surface area contributed by atoms with Crippen molar-refractivity contribution in [2.45, 2.75) is 52.5 Å². The molecule has 1 fully saturated rings. The van der Waals surface area contributed by atoms with E-state index in [0.29, 0.717) is 10.8 Å². The van der Waals surface area contributed by atoms with Gasteiger partial charge in [-0.25, -0.2) is 0 Å². The Balaban J connectivity index is 2.37. The van der Waals surface area contributed by atoms with Crippen LogP contribution in [-0.2, 0) is 5.54 Å². The third kappa shape index (κ3) is 2.68. The van der Waals surface area contributed by atoms with Crippen LogP contribution in [0, 0.1) is 10.8 Å². The number of pyridine rings is 1. The van der Waals surface area contributed by atoms with Gasteiger partial charge in [0.2, 0.25) is 0 Å². The van der Waals surface area contributed by atoms with Crippen LogP contribution in [-0.4, -0.2) is 4.98 Å². The Morgan fingerprint density at radius 1 is 1.06 bits per heavy atom. The number of nitrogens with zero attached hydrogens (tertiary/aromatic N) is 1. The molecular formula is C15H24N2. The second kappa shape index (κ2) is 3.81. The molecule has 2 heteroatoms. The molecule has 1 aliphatic carbocycles. The molecule has 0 spiro atoms. The molecule has 2 N–H and O–H groups in total. The van der Waals surface area contributed by atoms with Gasteiger partial charge >= 0.3 is 0 Å². The highest BCUT2D eigenvalue weighted by atomic mass is 14.8. The summed E-state index contributed by atoms with van der Waals surface area (Å²) in [7, 11) is 0. The van der Waals surface area contributed by atoms with Crippen LogP contribution >= 0.6 is 0 Å². The number of rotatable bonds is 1. The molecule has 2 nitrogen and oxygen atoms in total. The Morgan fingerprint density at radius 3 is 2.12 bits per heavy atom. The summed E-state index contributed by atoms with van der Waals surface area (Å²) in [6, 6.07) is 4.10. The zero-order chi connectivity index (χ0) is 12.7. The Morgan fingerprint density at radius 2 is 1.65 bits per heavy atom. The monoisotopic (exact) mass is 232 g/mol. The van der Waals surface area contributed by atoms with Gasteiger partial charge in [0, 0.05) is 17.9 Å². The van der Waals surface area contributed by atoms with Gasteiger partial charge in [-0.15, -0.1) is 0 Å². The van der Waals surface area contributed by atoms with E-state index in [0.717, 1.165) is 12.8 Å². The number of nitrogens with two attached hydrogens (primary N) is 1. The maximum absolute atomic E-state index is 6.69. The van der Waals surface area contributed by atoms with Crippen LogP contribution in [0.4, 0.5) is 0 Å². The van der Waals surface area contributed by atoms with Crippen LogP contribution in [0.3, 0.4) is 0 Å². The van der Waals surface area contributed by atoms with Gasteiger partial charge in [0.1, 0.15) is 0 Å². The van der Waals surface area contributed by atoms with Crippen LogP contribution < -0.4 is 5.73 Å². The summed E-state index contributed by atoms with van der Waals surface area (Å²) in [5.74, 6) is 0. The zero-order valence-electron chi connectivity index (χ0n) is 11.5. The van der Waals surface area contributed by atoms with Crippen LogP contribution in [0.15, 0.2) is 24.5 Å². The molecule has 17 heavy (non-hydrogen) atoms. The molecule has 0 aliphatic heterocycles. The minimum absolute atomic E-state index is 0.223. The molecule has 1 heterocycles. The van der Waals surface area contributed by atoms with E-state index < -0.39 is 0 Å². The van der Waals surface area contributed by atoms with Crippen LogP contribution in [0.5, 0.6) is 0 Å². The third-order valence-corrected chi connectivity index (χ3v) is 3.78. The molecule has 1 saturated carbocycles. The molecule has 0 saturated heterocycles. The summed E-state index contributed by atoms with van der Waals surface area (Å²) in [4.78, 5) is 4.22. The van der Waals surface area contributed by atoms with Crippen molar-refractivity contribution < 1.29 is 0 Å². The van der Waals surface area contributed by atoms with Gasteiger partial charge in [-0.3, -0.25) is 4.98 Å². The minimum atomic E-state index is -0.223. The largest absolute Gasteiger partial charge is 0.321 e. The summed E-state index contributed by atoms with van der Waals surface area (Å²) in [6.45, 7) is 9.30. The standard InChI is InChI=1S/C15H24N2/c1-13(2)9-14(3,4)11-15(16,10-13)12-6-5-7-17-8-12/h5-8H,9-11,16H2,1-4H3. The fourth-order valence-electron chi connectivity index (χ4n) is 4.05. The Bertz CT molecular complexity index is 377. The normalized spacial score (nSPS) is 25.5. The molecule has 0 unspecified atom stereocenters. The average molecular weight is 232 g/mol. The first kappa shape index (κ1) is 12.6. The highest BCUT2D eigenvalue weighted by Crippen LogP contribution is 2.52. The van der Waals surface area contributed by atoms with E-state index in [4.69, 9.17) is 5.73 Å². The summed E-state index contributed by atoms with van der Waals surface area (Å²) in [6.07, 6.45) is 7.05. The topological polar surface area (TPSA) is 38.9 Å². The molecule has 2 rings (SSSR count). The predicted octanol–water partition coefficient (Wildman–Crippen LogP) is 3.47. The lowest BCUT2D eigenvalue weighted by Crippen LogP contribution is -2.49. The highest BCUT2D eigenvalue weighted by Gasteiger charge is 2.46. The van der Waals surface area contributed by atoms with Crippen molar-refractivity contribution in [2.75, 3.05) is 0 Å². The highest BCUT2D eigenvalue weighted by molar-refractivity contribution is 5.23. The molecule has 1 aromatic heterocycles. The summed E-state index contributed by atoms with van der Waals surface area (Å²) >= 11 is 0. The zero-order valence-corrected chi connectivity index (χ0v) is 11.5. The molecule has 1 aromatic rings. The van der Waals surface area contributed by atoms with Crippen molar-refractivity contribution in [3.05, 3.63) is 30.1 Å². The second-order valence-electron chi connectivity index (χ2n) is 7.26. The Kier molecular flexibility index (Phi) is 2.81. The first-order valence-corrected chi connectivity index (χ1v) is 6.42. The van der Waals surface area contributed by atoms with Crippen molar-refractivity contribution in [1.29, 1.82) is 0 Å². The van der Waals surface area contributed by atoms with E-state index in [1.807, 2.05) is 18.5 Å². The SMILES string of the molecule is CC1(C)CC(C)(C)CC(N)(c2cccnc2)C1. The molecule has 0 radical (unpaired) electrons. The van der Waals surface area contributed by atoms with Gasteiger partial charge in [0.05, 0.1) is 0 Å². The van der Waals surface area contributed by atoms with Crippen molar-refractivity contribution in [1.82, 2.24) is 4.98 Å². The Labute approximate surface area is 105 Å². The van der Waals surface area contributed by atoms with E-state index >= 15 is 0 Å². The molecular weight excluding hydrogens is 208 g/mol. The molecule has 0 aromatic carbocycles. The van der Waals surface area contributed by atoms with Crippen molar-refractivity contribution in [3.8, 4) is 0 Å². The van der Waals surface area contributed by atoms with E-state index in [-0.39, 0.29) is 5.54 Å². The van der Waals surface area contributed by atoms with E-state index in [2.05, 4.69) is 38.7 Å². The van der Waals surface area contributed by atoms with E-state index in [1.54, 1.807) is 0 Å². The van der Waals surface area contributed by atoms with E-state index in [9.17, 15) is 0 Å². The summed E-state index contributed by atoms with van der Waals surface area (Å²) in [5.41, 5.74) is 8.25. The maximum atomic E-state index is 6.69. The predicted molar refractivity (Wildman–Crippen MR) is 71.5 cm³/mol. The van der Waals surface area contributed by atoms with Gasteiger partial charge < -0.3 is 5.73 Å². The second-order valence-corrected chi connectivity index (χ2v) is 7.26. The van der Waals surface area contributed by atoms with Crippen molar-refractivity contribution in [3.63, 3.8) is 0 Å². The number of hydrogen-bond acceptors (Lipinski definition) is 2. The number of hydrogen-bond donors (Lipinski definition) is 1. The van der Waals surface area contributed by atoms with Gasteiger partial charge in [-0.1, -0.05) is 33.8 Å². The fourth-order valence-corrected chi connectivity index (χ4v) is 4.05. The van der Waals surface area contributed by atoms with Gasteiger partial charge in [0.25, 0.3) is 0 Å². The number of aromatic nitrogens is 1. The molecule has 0 atom stereocenters. The van der Waals surface area contributed by atoms with Gasteiger partial charge in [-0.2, -0.15) is 0 Å². The molecule has 0 amide bonds. The van der Waals surface area contributed by atoms with Crippen LogP contribution in [0.2, 0.25) is 0 Å². The summed E-state index contributed by atoms with van der Waals surface area (Å²) < 4.78 is 0. The van der Waals surface area contributed by atoms with E-state index in [1.165, 1.54) is 12.0 Å². The van der Waals surface area contributed by atoms with Gasteiger partial charge in [-0.05, 0) is 41.7 Å². The first-order chi connectivity index (χ1) is 7.73. The summed E-state index contributed by atoms with van der Waals surface area (Å²) in [5, 5.41) is 0. The molecule has 94 valence electrons. The maximum Gasteiger partial charge on any atom is 0.0435 e. The first-order valence-electron chi connectivity index (χ1n) is 6.42. The lowest BCUT2D eigenvalue weighted by Gasteiger charge is -2.50. The third-order valence-electron chi connectivity index (χ3n) is 3.78. The van der Waals surface area contributed by atoms with Crippen molar-refractivity contribution >= 4 is 0 Å². The van der Waals surface area contributed by atoms with Gasteiger partial charge in [0.15, 0.2) is 0 Å². The van der Waals surface area contributed by atoms with Crippen molar-refractivity contribution in [2.24, 2.45) is 16.6 Å². The average Bonchev–Trinajstić information content (AvgIpc) is 2.13. The van der Waals surface area contributed by atoms with Crippen LogP contribution in [0.1, 0.15) is 52.5 Å². The fraction of sp³-hybridized carbons (Fsp3) is 0.667. The lowest BCUT2D eigenvalue weighted by atomic mass is 9.57. The molecule has 0 bridgehead atoms. The van der Waals surface area contributed by atoms with Crippen LogP contribution in [0.25, 0.3) is 0 Å². The minimum Gasteiger partial charge on any atom is -0.321 e.